The van der Waals surface area contributed by atoms with Gasteiger partial charge in [-0.15, -0.1) is 0 Å². The van der Waals surface area contributed by atoms with E-state index >= 15 is 0 Å². The molecular formula is C16H20N2S2. The lowest BCUT2D eigenvalue weighted by atomic mass is 10.1. The molecule has 20 heavy (non-hydrogen) atoms. The second kappa shape index (κ2) is 6.95. The monoisotopic (exact) mass is 304 g/mol. The Bertz CT molecular complexity index is 544. The van der Waals surface area contributed by atoms with E-state index in [1.807, 2.05) is 12.1 Å². The summed E-state index contributed by atoms with van der Waals surface area (Å²) in [6.45, 7) is 4.26. The molecule has 106 valence electrons. The van der Waals surface area contributed by atoms with Crippen molar-refractivity contribution in [3.05, 3.63) is 47.5 Å². The van der Waals surface area contributed by atoms with Crippen molar-refractivity contribution in [1.29, 1.82) is 0 Å². The normalized spacial score (nSPS) is 10.7. The average molecular weight is 304 g/mol. The van der Waals surface area contributed by atoms with Crippen molar-refractivity contribution >= 4 is 33.0 Å². The van der Waals surface area contributed by atoms with Gasteiger partial charge in [-0.1, -0.05) is 47.6 Å². The van der Waals surface area contributed by atoms with E-state index in [1.54, 1.807) is 21.6 Å². The molecule has 0 saturated heterocycles. The van der Waals surface area contributed by atoms with Crippen molar-refractivity contribution in [2.45, 2.75) is 36.5 Å². The van der Waals surface area contributed by atoms with Gasteiger partial charge in [-0.2, -0.15) is 0 Å². The molecule has 0 saturated carbocycles. The Labute approximate surface area is 128 Å². The Morgan fingerprint density at radius 1 is 0.750 bits per heavy atom. The highest BCUT2D eigenvalue weighted by Gasteiger charge is 2.06. The highest BCUT2D eigenvalue weighted by atomic mass is 33.1. The second-order valence-corrected chi connectivity index (χ2v) is 6.83. The van der Waals surface area contributed by atoms with Crippen LogP contribution >= 0.6 is 21.6 Å². The zero-order chi connectivity index (χ0) is 14.5. The number of hydrogen-bond donors (Lipinski definition) is 2. The van der Waals surface area contributed by atoms with Crippen LogP contribution in [0.1, 0.15) is 25.0 Å². The highest BCUT2D eigenvalue weighted by Crippen LogP contribution is 2.42. The first-order valence-electron chi connectivity index (χ1n) is 6.75. The van der Waals surface area contributed by atoms with Gasteiger partial charge in [0.1, 0.15) is 0 Å². The first-order chi connectivity index (χ1) is 9.63. The van der Waals surface area contributed by atoms with Gasteiger partial charge >= 0.3 is 0 Å². The van der Waals surface area contributed by atoms with Crippen LogP contribution in [0, 0.1) is 0 Å². The summed E-state index contributed by atoms with van der Waals surface area (Å²) in [4.78, 5) is 2.18. The number of rotatable bonds is 5. The number of benzene rings is 2. The summed E-state index contributed by atoms with van der Waals surface area (Å²) < 4.78 is 0. The van der Waals surface area contributed by atoms with Crippen molar-refractivity contribution < 1.29 is 0 Å². The third-order valence-electron chi connectivity index (χ3n) is 3.19. The topological polar surface area (TPSA) is 52.0 Å². The van der Waals surface area contributed by atoms with Gasteiger partial charge in [0.2, 0.25) is 0 Å². The minimum atomic E-state index is 0.839. The summed E-state index contributed by atoms with van der Waals surface area (Å²) in [5, 5.41) is 0. The molecule has 0 atom stereocenters. The molecule has 0 fully saturated rings. The van der Waals surface area contributed by atoms with E-state index < -0.39 is 0 Å². The number of anilines is 2. The first kappa shape index (κ1) is 15.1. The van der Waals surface area contributed by atoms with E-state index in [-0.39, 0.29) is 0 Å². The van der Waals surface area contributed by atoms with Gasteiger partial charge in [-0.3, -0.25) is 0 Å². The molecule has 0 spiro atoms. The maximum atomic E-state index is 6.08. The Kier molecular flexibility index (Phi) is 5.26. The fraction of sp³-hybridized carbons (Fsp3) is 0.250. The molecular weight excluding hydrogens is 284 g/mol. The van der Waals surface area contributed by atoms with Crippen molar-refractivity contribution in [3.8, 4) is 0 Å². The van der Waals surface area contributed by atoms with Crippen molar-refractivity contribution in [2.24, 2.45) is 0 Å². The van der Waals surface area contributed by atoms with Gasteiger partial charge in [0.25, 0.3) is 0 Å². The molecule has 0 radical (unpaired) electrons. The van der Waals surface area contributed by atoms with Crippen molar-refractivity contribution in [1.82, 2.24) is 0 Å². The maximum Gasteiger partial charge on any atom is 0.0463 e. The molecule has 0 bridgehead atoms. The van der Waals surface area contributed by atoms with Crippen LogP contribution in [0.2, 0.25) is 0 Å². The standard InChI is InChI=1S/C16H20N2S2/c1-3-11-5-7-15(13(17)9-11)19-20-16-8-6-12(4-2)10-14(16)18/h5-10H,3-4,17-18H2,1-2H3. The molecule has 2 nitrogen and oxygen atoms in total. The van der Waals surface area contributed by atoms with Crippen molar-refractivity contribution in [3.63, 3.8) is 0 Å². The molecule has 0 aromatic heterocycles. The predicted octanol–water partition coefficient (Wildman–Crippen LogP) is 4.78. The number of nitrogen functional groups attached to an aromatic ring is 2. The van der Waals surface area contributed by atoms with E-state index in [0.29, 0.717) is 0 Å². The fourth-order valence-corrected chi connectivity index (χ4v) is 4.06. The van der Waals surface area contributed by atoms with Gasteiger partial charge in [0.15, 0.2) is 0 Å². The summed E-state index contributed by atoms with van der Waals surface area (Å²) >= 11 is 0. The van der Waals surface area contributed by atoms with Crippen LogP contribution < -0.4 is 11.5 Å². The van der Waals surface area contributed by atoms with E-state index in [1.165, 1.54) is 11.1 Å². The van der Waals surface area contributed by atoms with Crippen LogP contribution in [0.15, 0.2) is 46.2 Å². The van der Waals surface area contributed by atoms with Gasteiger partial charge < -0.3 is 11.5 Å². The second-order valence-electron chi connectivity index (χ2n) is 4.62. The molecule has 4 N–H and O–H groups in total. The maximum absolute atomic E-state index is 6.08. The summed E-state index contributed by atoms with van der Waals surface area (Å²) in [6.07, 6.45) is 2.02. The van der Waals surface area contributed by atoms with E-state index in [2.05, 4.69) is 38.1 Å². The van der Waals surface area contributed by atoms with Crippen LogP contribution in [0.25, 0.3) is 0 Å². The fourth-order valence-electron chi connectivity index (χ4n) is 1.88. The van der Waals surface area contributed by atoms with Crippen LogP contribution in [0.5, 0.6) is 0 Å². The number of hydrogen-bond acceptors (Lipinski definition) is 4. The Morgan fingerprint density at radius 2 is 1.15 bits per heavy atom. The number of aryl methyl sites for hydroxylation is 2. The Morgan fingerprint density at radius 3 is 1.45 bits per heavy atom. The highest BCUT2D eigenvalue weighted by molar-refractivity contribution is 8.76. The molecule has 0 aliphatic carbocycles. The minimum Gasteiger partial charge on any atom is -0.398 e. The van der Waals surface area contributed by atoms with Crippen LogP contribution in [0.4, 0.5) is 11.4 Å². The molecule has 0 aliphatic rings. The summed E-state index contributed by atoms with van der Waals surface area (Å²) in [7, 11) is 3.32. The SMILES string of the molecule is CCc1ccc(SSc2ccc(CC)cc2N)c(N)c1. The van der Waals surface area contributed by atoms with Gasteiger partial charge in [-0.25, -0.2) is 0 Å². The van der Waals surface area contributed by atoms with E-state index in [0.717, 1.165) is 34.0 Å². The average Bonchev–Trinajstić information content (AvgIpc) is 2.46. The molecule has 0 unspecified atom stereocenters. The molecule has 2 rings (SSSR count). The summed E-state index contributed by atoms with van der Waals surface area (Å²) in [5.74, 6) is 0. The molecule has 0 aliphatic heterocycles. The molecule has 0 amide bonds. The zero-order valence-electron chi connectivity index (χ0n) is 11.8. The lowest BCUT2D eigenvalue weighted by molar-refractivity contribution is 1.13. The first-order valence-corrected chi connectivity index (χ1v) is 8.90. The Hall–Kier alpha value is -1.26. The lowest BCUT2D eigenvalue weighted by Gasteiger charge is -2.09. The predicted molar refractivity (Wildman–Crippen MR) is 92.2 cm³/mol. The van der Waals surface area contributed by atoms with E-state index in [9.17, 15) is 0 Å². The largest absolute Gasteiger partial charge is 0.398 e. The molecule has 0 heterocycles. The van der Waals surface area contributed by atoms with Crippen LogP contribution in [0.3, 0.4) is 0 Å². The quantitative estimate of drug-likeness (QED) is 0.617. The van der Waals surface area contributed by atoms with Gasteiger partial charge in [0, 0.05) is 21.2 Å². The molecule has 4 heteroatoms. The van der Waals surface area contributed by atoms with Crippen LogP contribution in [-0.4, -0.2) is 0 Å². The number of nitrogens with two attached hydrogens (primary N) is 2. The Balaban J connectivity index is 2.09. The molecule has 2 aromatic carbocycles. The molecule has 2 aromatic rings. The smallest absolute Gasteiger partial charge is 0.0463 e. The third kappa shape index (κ3) is 3.64. The lowest BCUT2D eigenvalue weighted by Crippen LogP contribution is -1.91. The third-order valence-corrected chi connectivity index (χ3v) is 5.70. The van der Waals surface area contributed by atoms with Crippen LogP contribution in [-0.2, 0) is 12.8 Å². The zero-order valence-corrected chi connectivity index (χ0v) is 13.5. The van der Waals surface area contributed by atoms with Crippen molar-refractivity contribution in [2.75, 3.05) is 11.5 Å². The van der Waals surface area contributed by atoms with E-state index in [4.69, 9.17) is 11.5 Å². The van der Waals surface area contributed by atoms with Gasteiger partial charge in [0.05, 0.1) is 0 Å². The summed E-state index contributed by atoms with van der Waals surface area (Å²) in [6, 6.07) is 12.5. The minimum absolute atomic E-state index is 0.839. The summed E-state index contributed by atoms with van der Waals surface area (Å²) in [5.41, 5.74) is 16.4. The van der Waals surface area contributed by atoms with Gasteiger partial charge in [-0.05, 0) is 48.2 Å².